The molecule has 8 heteroatoms. The zero-order chi connectivity index (χ0) is 23.2. The Morgan fingerprint density at radius 2 is 1.58 bits per heavy atom. The van der Waals surface area contributed by atoms with Gasteiger partial charge in [0.2, 0.25) is 11.8 Å². The standard InChI is InChI=1S/C25H23ClN2O4S/c1-16(25(30)28-20-8-11-22-23(15-20)32-13-12-31-22)33-21-9-6-19(7-10-21)27-24(29)14-17-2-4-18(26)5-3-17/h2-11,15-16H,12-14H2,1H3,(H,27,29)(H,28,30). The Kier molecular flexibility index (Phi) is 7.42. The Bertz CT molecular complexity index is 1140. The second kappa shape index (κ2) is 10.6. The average molecular weight is 483 g/mol. The van der Waals surface area contributed by atoms with Crippen LogP contribution in [0.5, 0.6) is 11.5 Å². The van der Waals surface area contributed by atoms with E-state index in [0.717, 1.165) is 10.5 Å². The molecule has 0 fully saturated rings. The van der Waals surface area contributed by atoms with E-state index in [1.54, 1.807) is 30.3 Å². The van der Waals surface area contributed by atoms with Gasteiger partial charge in [-0.25, -0.2) is 0 Å². The van der Waals surface area contributed by atoms with Crippen LogP contribution in [0.1, 0.15) is 12.5 Å². The molecule has 1 unspecified atom stereocenters. The molecule has 0 radical (unpaired) electrons. The second-order valence-electron chi connectivity index (χ2n) is 7.48. The molecule has 1 atom stereocenters. The van der Waals surface area contributed by atoms with Gasteiger partial charge >= 0.3 is 0 Å². The van der Waals surface area contributed by atoms with Crippen molar-refractivity contribution in [3.63, 3.8) is 0 Å². The smallest absolute Gasteiger partial charge is 0.237 e. The first kappa shape index (κ1) is 23.0. The van der Waals surface area contributed by atoms with E-state index in [1.165, 1.54) is 11.8 Å². The summed E-state index contributed by atoms with van der Waals surface area (Å²) >= 11 is 7.32. The van der Waals surface area contributed by atoms with Gasteiger partial charge in [0.1, 0.15) is 13.2 Å². The number of fused-ring (bicyclic) bond motifs is 1. The number of hydrogen-bond acceptors (Lipinski definition) is 5. The summed E-state index contributed by atoms with van der Waals surface area (Å²) in [6, 6.07) is 20.0. The van der Waals surface area contributed by atoms with E-state index in [0.29, 0.717) is 41.1 Å². The number of benzene rings is 3. The summed E-state index contributed by atoms with van der Waals surface area (Å²) in [4.78, 5) is 25.8. The van der Waals surface area contributed by atoms with Gasteiger partial charge in [0.15, 0.2) is 11.5 Å². The minimum atomic E-state index is -0.316. The molecule has 0 spiro atoms. The van der Waals surface area contributed by atoms with Gasteiger partial charge in [0, 0.05) is 27.4 Å². The molecule has 3 aromatic rings. The molecular weight excluding hydrogens is 460 g/mol. The first-order valence-electron chi connectivity index (χ1n) is 10.5. The highest BCUT2D eigenvalue weighted by Gasteiger charge is 2.17. The third kappa shape index (κ3) is 6.43. The summed E-state index contributed by atoms with van der Waals surface area (Å²) in [6.07, 6.45) is 0.269. The summed E-state index contributed by atoms with van der Waals surface area (Å²) in [5.41, 5.74) is 2.25. The van der Waals surface area contributed by atoms with Crippen molar-refractivity contribution >= 4 is 46.6 Å². The molecule has 1 aliphatic rings. The molecular formula is C25H23ClN2O4S. The van der Waals surface area contributed by atoms with E-state index in [-0.39, 0.29) is 23.5 Å². The quantitative estimate of drug-likeness (QED) is 0.440. The number of halogens is 1. The topological polar surface area (TPSA) is 76.7 Å². The van der Waals surface area contributed by atoms with Crippen LogP contribution in [-0.2, 0) is 16.0 Å². The first-order chi connectivity index (χ1) is 16.0. The van der Waals surface area contributed by atoms with Gasteiger partial charge in [-0.3, -0.25) is 9.59 Å². The number of ether oxygens (including phenoxy) is 2. The van der Waals surface area contributed by atoms with Gasteiger partial charge in [-0.15, -0.1) is 11.8 Å². The number of nitrogens with one attached hydrogen (secondary N) is 2. The minimum absolute atomic E-state index is 0.107. The van der Waals surface area contributed by atoms with Crippen molar-refractivity contribution in [2.75, 3.05) is 23.8 Å². The van der Waals surface area contributed by atoms with Gasteiger partial charge in [0.25, 0.3) is 0 Å². The third-order valence-electron chi connectivity index (χ3n) is 4.91. The number of rotatable bonds is 7. The van der Waals surface area contributed by atoms with Gasteiger partial charge < -0.3 is 20.1 Å². The van der Waals surface area contributed by atoms with Gasteiger partial charge in [-0.1, -0.05) is 23.7 Å². The van der Waals surface area contributed by atoms with Crippen LogP contribution in [0.25, 0.3) is 0 Å². The Balaban J connectivity index is 1.28. The highest BCUT2D eigenvalue weighted by atomic mass is 35.5. The molecule has 0 aromatic heterocycles. The molecule has 1 aliphatic heterocycles. The molecule has 4 rings (SSSR count). The fourth-order valence-electron chi connectivity index (χ4n) is 3.23. The number of amides is 2. The van der Waals surface area contributed by atoms with Gasteiger partial charge in [0.05, 0.1) is 11.7 Å². The van der Waals surface area contributed by atoms with Gasteiger partial charge in [-0.05, 0) is 61.0 Å². The molecule has 3 aromatic carbocycles. The largest absolute Gasteiger partial charge is 0.486 e. The summed E-state index contributed by atoms with van der Waals surface area (Å²) in [6.45, 7) is 2.87. The summed E-state index contributed by atoms with van der Waals surface area (Å²) < 4.78 is 11.1. The van der Waals surface area contributed by atoms with Crippen molar-refractivity contribution in [2.45, 2.75) is 23.5 Å². The molecule has 0 saturated heterocycles. The van der Waals surface area contributed by atoms with Crippen LogP contribution in [-0.4, -0.2) is 30.3 Å². The Hall–Kier alpha value is -3.16. The molecule has 33 heavy (non-hydrogen) atoms. The van der Waals surface area contributed by atoms with E-state index < -0.39 is 0 Å². The lowest BCUT2D eigenvalue weighted by Gasteiger charge is -2.19. The molecule has 1 heterocycles. The fourth-order valence-corrected chi connectivity index (χ4v) is 4.23. The lowest BCUT2D eigenvalue weighted by molar-refractivity contribution is -0.116. The highest BCUT2D eigenvalue weighted by Crippen LogP contribution is 2.33. The molecule has 0 bridgehead atoms. The van der Waals surface area contributed by atoms with Crippen LogP contribution < -0.4 is 20.1 Å². The van der Waals surface area contributed by atoms with Crippen LogP contribution in [0, 0.1) is 0 Å². The summed E-state index contributed by atoms with van der Waals surface area (Å²) in [7, 11) is 0. The monoisotopic (exact) mass is 482 g/mol. The van der Waals surface area contributed by atoms with Crippen molar-refractivity contribution in [1.82, 2.24) is 0 Å². The number of carbonyl (C=O) groups is 2. The molecule has 2 N–H and O–H groups in total. The lowest BCUT2D eigenvalue weighted by atomic mass is 10.1. The Labute approximate surface area is 201 Å². The zero-order valence-corrected chi connectivity index (χ0v) is 19.5. The van der Waals surface area contributed by atoms with Crippen molar-refractivity contribution in [1.29, 1.82) is 0 Å². The number of thioether (sulfide) groups is 1. The lowest BCUT2D eigenvalue weighted by Crippen LogP contribution is -2.22. The van der Waals surface area contributed by atoms with Crippen LogP contribution in [0.4, 0.5) is 11.4 Å². The number of hydrogen-bond donors (Lipinski definition) is 2. The fraction of sp³-hybridized carbons (Fsp3) is 0.200. The van der Waals surface area contributed by atoms with Crippen molar-refractivity contribution in [2.24, 2.45) is 0 Å². The van der Waals surface area contributed by atoms with E-state index in [4.69, 9.17) is 21.1 Å². The normalized spacial score (nSPS) is 13.2. The first-order valence-corrected chi connectivity index (χ1v) is 11.7. The maximum absolute atomic E-state index is 12.6. The molecule has 6 nitrogen and oxygen atoms in total. The summed E-state index contributed by atoms with van der Waals surface area (Å²) in [5.74, 6) is 1.09. The third-order valence-corrected chi connectivity index (χ3v) is 6.27. The van der Waals surface area contributed by atoms with E-state index in [9.17, 15) is 9.59 Å². The number of carbonyl (C=O) groups excluding carboxylic acids is 2. The SMILES string of the molecule is CC(Sc1ccc(NC(=O)Cc2ccc(Cl)cc2)cc1)C(=O)Nc1ccc2c(c1)OCCO2. The summed E-state index contributed by atoms with van der Waals surface area (Å²) in [5, 5.41) is 6.12. The van der Waals surface area contributed by atoms with E-state index in [1.807, 2.05) is 43.3 Å². The molecule has 170 valence electrons. The maximum atomic E-state index is 12.6. The minimum Gasteiger partial charge on any atom is -0.486 e. The number of anilines is 2. The van der Waals surface area contributed by atoms with Crippen molar-refractivity contribution in [3.8, 4) is 11.5 Å². The molecule has 2 amide bonds. The Morgan fingerprint density at radius 1 is 0.909 bits per heavy atom. The highest BCUT2D eigenvalue weighted by molar-refractivity contribution is 8.00. The van der Waals surface area contributed by atoms with Crippen LogP contribution in [0.3, 0.4) is 0 Å². The van der Waals surface area contributed by atoms with Crippen molar-refractivity contribution < 1.29 is 19.1 Å². The maximum Gasteiger partial charge on any atom is 0.237 e. The van der Waals surface area contributed by atoms with E-state index in [2.05, 4.69) is 10.6 Å². The predicted molar refractivity (Wildman–Crippen MR) is 132 cm³/mol. The van der Waals surface area contributed by atoms with Crippen molar-refractivity contribution in [3.05, 3.63) is 77.3 Å². The molecule has 0 saturated carbocycles. The van der Waals surface area contributed by atoms with E-state index >= 15 is 0 Å². The Morgan fingerprint density at radius 3 is 2.30 bits per heavy atom. The molecule has 0 aliphatic carbocycles. The van der Waals surface area contributed by atoms with Crippen LogP contribution in [0.2, 0.25) is 5.02 Å². The average Bonchev–Trinajstić information content (AvgIpc) is 2.81. The van der Waals surface area contributed by atoms with Crippen LogP contribution >= 0.6 is 23.4 Å². The predicted octanol–water partition coefficient (Wildman–Crippen LogP) is 5.41. The van der Waals surface area contributed by atoms with Gasteiger partial charge in [-0.2, -0.15) is 0 Å². The second-order valence-corrected chi connectivity index (χ2v) is 9.33. The zero-order valence-electron chi connectivity index (χ0n) is 18.0. The van der Waals surface area contributed by atoms with Crippen LogP contribution in [0.15, 0.2) is 71.6 Å².